The first-order chi connectivity index (χ1) is 11.9. The fourth-order valence-corrected chi connectivity index (χ4v) is 4.78. The van der Waals surface area contributed by atoms with Gasteiger partial charge in [-0.3, -0.25) is 10.1 Å². The van der Waals surface area contributed by atoms with Gasteiger partial charge in [-0.25, -0.2) is 8.42 Å². The summed E-state index contributed by atoms with van der Waals surface area (Å²) in [7, 11) is -3.71. The molecule has 0 unspecified atom stereocenters. The highest BCUT2D eigenvalue weighted by molar-refractivity contribution is 7.89. The van der Waals surface area contributed by atoms with Crippen molar-refractivity contribution >= 4 is 21.4 Å². The SMILES string of the molecule is CCN(CC)S(=O)(=O)c1ccc(NC2CCCCCC2)c([N+](=O)[O-])c1. The van der Waals surface area contributed by atoms with E-state index in [0.717, 1.165) is 25.7 Å². The van der Waals surface area contributed by atoms with Crippen LogP contribution < -0.4 is 5.32 Å². The van der Waals surface area contributed by atoms with Gasteiger partial charge in [-0.15, -0.1) is 0 Å². The second-order valence-corrected chi connectivity index (χ2v) is 8.30. The Morgan fingerprint density at radius 1 is 1.16 bits per heavy atom. The van der Waals surface area contributed by atoms with Crippen LogP contribution in [0.5, 0.6) is 0 Å². The molecular weight excluding hydrogens is 342 g/mol. The van der Waals surface area contributed by atoms with Gasteiger partial charge in [0.15, 0.2) is 0 Å². The smallest absolute Gasteiger partial charge is 0.293 e. The van der Waals surface area contributed by atoms with Gasteiger partial charge in [-0.2, -0.15) is 4.31 Å². The van der Waals surface area contributed by atoms with Gasteiger partial charge in [-0.05, 0) is 25.0 Å². The van der Waals surface area contributed by atoms with Crippen LogP contribution in [-0.4, -0.2) is 36.8 Å². The van der Waals surface area contributed by atoms with E-state index in [9.17, 15) is 18.5 Å². The lowest BCUT2D eigenvalue weighted by atomic mass is 10.1. The zero-order valence-electron chi connectivity index (χ0n) is 14.9. The van der Waals surface area contributed by atoms with E-state index in [4.69, 9.17) is 0 Å². The minimum atomic E-state index is -3.71. The summed E-state index contributed by atoms with van der Waals surface area (Å²) in [6, 6.07) is 4.36. The lowest BCUT2D eigenvalue weighted by Crippen LogP contribution is -2.30. The van der Waals surface area contributed by atoms with E-state index >= 15 is 0 Å². The molecule has 0 bridgehead atoms. The molecule has 140 valence electrons. The third-order valence-corrected chi connectivity index (χ3v) is 6.77. The number of nitrogens with one attached hydrogen (secondary N) is 1. The Hall–Kier alpha value is -1.67. The predicted molar refractivity (Wildman–Crippen MR) is 98.3 cm³/mol. The first-order valence-electron chi connectivity index (χ1n) is 8.95. The van der Waals surface area contributed by atoms with Crippen molar-refractivity contribution in [3.63, 3.8) is 0 Å². The van der Waals surface area contributed by atoms with E-state index < -0.39 is 14.9 Å². The van der Waals surface area contributed by atoms with Crippen LogP contribution in [0.1, 0.15) is 52.4 Å². The van der Waals surface area contributed by atoms with Gasteiger partial charge in [0.2, 0.25) is 10.0 Å². The summed E-state index contributed by atoms with van der Waals surface area (Å²) in [6.45, 7) is 4.15. The zero-order valence-corrected chi connectivity index (χ0v) is 15.7. The van der Waals surface area contributed by atoms with Crippen LogP contribution in [0.4, 0.5) is 11.4 Å². The van der Waals surface area contributed by atoms with E-state index in [1.807, 2.05) is 0 Å². The van der Waals surface area contributed by atoms with Crippen molar-refractivity contribution in [2.75, 3.05) is 18.4 Å². The molecule has 0 atom stereocenters. The molecule has 0 radical (unpaired) electrons. The van der Waals surface area contributed by atoms with Crippen molar-refractivity contribution in [1.82, 2.24) is 4.31 Å². The summed E-state index contributed by atoms with van der Waals surface area (Å²) >= 11 is 0. The van der Waals surface area contributed by atoms with Crippen LogP contribution >= 0.6 is 0 Å². The molecule has 0 aromatic heterocycles. The molecule has 1 saturated carbocycles. The molecule has 0 heterocycles. The number of nitro groups is 1. The standard InChI is InChI=1S/C17H27N3O4S/c1-3-19(4-2)25(23,24)15-11-12-16(17(13-15)20(21)22)18-14-9-7-5-6-8-10-14/h11-14,18H,3-10H2,1-2H3. The Kier molecular flexibility index (Phi) is 6.78. The molecule has 1 aliphatic rings. The second kappa shape index (κ2) is 8.62. The summed E-state index contributed by atoms with van der Waals surface area (Å²) in [5.41, 5.74) is 0.216. The molecule has 7 nitrogen and oxygen atoms in total. The molecule has 1 aliphatic carbocycles. The highest BCUT2D eigenvalue weighted by Gasteiger charge is 2.26. The maximum atomic E-state index is 12.6. The maximum absolute atomic E-state index is 12.6. The van der Waals surface area contributed by atoms with E-state index in [0.29, 0.717) is 18.8 Å². The Morgan fingerprint density at radius 3 is 2.28 bits per heavy atom. The van der Waals surface area contributed by atoms with Gasteiger partial charge in [0.1, 0.15) is 5.69 Å². The van der Waals surface area contributed by atoms with E-state index in [-0.39, 0.29) is 16.6 Å². The van der Waals surface area contributed by atoms with Crippen LogP contribution in [0.3, 0.4) is 0 Å². The maximum Gasteiger partial charge on any atom is 0.293 e. The van der Waals surface area contributed by atoms with E-state index in [2.05, 4.69) is 5.32 Å². The van der Waals surface area contributed by atoms with Crippen molar-refractivity contribution < 1.29 is 13.3 Å². The van der Waals surface area contributed by atoms with Crippen LogP contribution in [0.15, 0.2) is 23.1 Å². The summed E-state index contributed by atoms with van der Waals surface area (Å²) in [6.07, 6.45) is 6.58. The lowest BCUT2D eigenvalue weighted by molar-refractivity contribution is -0.384. The normalized spacial score (nSPS) is 16.6. The molecule has 8 heteroatoms. The monoisotopic (exact) mass is 369 g/mol. The van der Waals surface area contributed by atoms with Gasteiger partial charge in [-0.1, -0.05) is 39.5 Å². The molecule has 1 fully saturated rings. The average molecular weight is 369 g/mol. The molecule has 25 heavy (non-hydrogen) atoms. The highest BCUT2D eigenvalue weighted by atomic mass is 32.2. The van der Waals surface area contributed by atoms with Crippen molar-refractivity contribution in [3.8, 4) is 0 Å². The molecule has 2 rings (SSSR count). The van der Waals surface area contributed by atoms with Crippen LogP contribution in [0.2, 0.25) is 0 Å². The Bertz CT molecular complexity index is 694. The third-order valence-electron chi connectivity index (χ3n) is 4.72. The van der Waals surface area contributed by atoms with Crippen molar-refractivity contribution in [3.05, 3.63) is 28.3 Å². The van der Waals surface area contributed by atoms with Crippen LogP contribution in [0.25, 0.3) is 0 Å². The number of sulfonamides is 1. The van der Waals surface area contributed by atoms with Gasteiger partial charge < -0.3 is 5.32 Å². The first kappa shape index (κ1) is 19.7. The van der Waals surface area contributed by atoms with E-state index in [1.54, 1.807) is 13.8 Å². The second-order valence-electron chi connectivity index (χ2n) is 6.36. The Balaban J connectivity index is 2.32. The molecule has 1 aromatic carbocycles. The Morgan fingerprint density at radius 2 is 1.76 bits per heavy atom. The summed E-state index contributed by atoms with van der Waals surface area (Å²) in [5, 5.41) is 14.7. The molecule has 0 saturated heterocycles. The number of hydrogen-bond acceptors (Lipinski definition) is 5. The summed E-state index contributed by atoms with van der Waals surface area (Å²) in [5.74, 6) is 0. The van der Waals surface area contributed by atoms with E-state index in [1.165, 1.54) is 35.3 Å². The van der Waals surface area contributed by atoms with Crippen LogP contribution in [0, 0.1) is 10.1 Å². The number of rotatable bonds is 7. The number of anilines is 1. The van der Waals surface area contributed by atoms with Gasteiger partial charge >= 0.3 is 0 Å². The molecule has 1 N–H and O–H groups in total. The van der Waals surface area contributed by atoms with Crippen molar-refractivity contribution in [2.45, 2.75) is 63.3 Å². The number of hydrogen-bond donors (Lipinski definition) is 1. The molecular formula is C17H27N3O4S. The van der Waals surface area contributed by atoms with Crippen molar-refractivity contribution in [2.24, 2.45) is 0 Å². The Labute approximate surface area is 149 Å². The average Bonchev–Trinajstić information content (AvgIpc) is 2.84. The van der Waals surface area contributed by atoms with Gasteiger partial charge in [0.05, 0.1) is 9.82 Å². The number of benzene rings is 1. The third kappa shape index (κ3) is 4.70. The number of nitro benzene ring substituents is 1. The number of nitrogens with zero attached hydrogens (tertiary/aromatic N) is 2. The summed E-state index contributed by atoms with van der Waals surface area (Å²) < 4.78 is 26.5. The van der Waals surface area contributed by atoms with Gasteiger partial charge in [0, 0.05) is 25.2 Å². The van der Waals surface area contributed by atoms with Crippen molar-refractivity contribution in [1.29, 1.82) is 0 Å². The minimum absolute atomic E-state index is 0.0330. The van der Waals surface area contributed by atoms with Gasteiger partial charge in [0.25, 0.3) is 5.69 Å². The molecule has 0 spiro atoms. The molecule has 1 aromatic rings. The largest absolute Gasteiger partial charge is 0.377 e. The minimum Gasteiger partial charge on any atom is -0.377 e. The van der Waals surface area contributed by atoms with Crippen LogP contribution in [-0.2, 0) is 10.0 Å². The fraction of sp³-hybridized carbons (Fsp3) is 0.647. The highest BCUT2D eigenvalue weighted by Crippen LogP contribution is 2.31. The topological polar surface area (TPSA) is 92.6 Å². The first-order valence-corrected chi connectivity index (χ1v) is 10.4. The fourth-order valence-electron chi connectivity index (χ4n) is 3.30. The predicted octanol–water partition coefficient (Wildman–Crippen LogP) is 3.76. The summed E-state index contributed by atoms with van der Waals surface area (Å²) in [4.78, 5) is 10.9. The quantitative estimate of drug-likeness (QED) is 0.449. The molecule has 0 amide bonds. The zero-order chi connectivity index (χ0) is 18.4. The molecule has 0 aliphatic heterocycles. The lowest BCUT2D eigenvalue weighted by Gasteiger charge is -2.20.